The molecule has 10 heteroatoms. The number of carbonyl (C=O) groups is 1. The number of halogens is 1. The third kappa shape index (κ3) is 6.94. The number of anilines is 1. The summed E-state index contributed by atoms with van der Waals surface area (Å²) in [6.07, 6.45) is 5.25. The van der Waals surface area contributed by atoms with Crippen molar-refractivity contribution in [1.82, 2.24) is 4.98 Å². The van der Waals surface area contributed by atoms with Gasteiger partial charge in [-0.3, -0.25) is 9.52 Å². The first-order valence-electron chi connectivity index (χ1n) is 8.03. The minimum Gasteiger partial charge on any atom is -0.465 e. The summed E-state index contributed by atoms with van der Waals surface area (Å²) in [4.78, 5) is 15.6. The van der Waals surface area contributed by atoms with Crippen LogP contribution in [-0.2, 0) is 32.5 Å². The van der Waals surface area contributed by atoms with Gasteiger partial charge in [0.15, 0.2) is 5.13 Å². The molecule has 0 spiro atoms. The Morgan fingerprint density at radius 3 is 2.93 bits per heavy atom. The van der Waals surface area contributed by atoms with Crippen molar-refractivity contribution in [1.29, 1.82) is 0 Å². The lowest BCUT2D eigenvalue weighted by Crippen LogP contribution is -2.15. The Kier molecular flexibility index (Phi) is 7.78. The zero-order chi connectivity index (χ0) is 19.9. The number of hydrogen-bond donors (Lipinski definition) is 2. The van der Waals surface area contributed by atoms with E-state index in [9.17, 15) is 13.2 Å². The van der Waals surface area contributed by atoms with Gasteiger partial charge in [0.25, 0.3) is 0 Å². The van der Waals surface area contributed by atoms with E-state index >= 15 is 0 Å². The van der Waals surface area contributed by atoms with Crippen molar-refractivity contribution in [3.05, 3.63) is 51.5 Å². The summed E-state index contributed by atoms with van der Waals surface area (Å²) in [5.74, 6) is -0.573. The standard InChI is InChI=1S/C17H20ClN3O4S2/c1-12(22)25-8-7-14-11-20-17(26-14)21-27(23,24)9-3-5-13-4-2-6-16(18)15(13)10-19/h2-6,11H,7-10,19H2,1H3,(H,20,21). The van der Waals surface area contributed by atoms with Crippen LogP contribution in [0.25, 0.3) is 6.08 Å². The largest absolute Gasteiger partial charge is 0.465 e. The fraction of sp³-hybridized carbons (Fsp3) is 0.294. The molecule has 146 valence electrons. The van der Waals surface area contributed by atoms with Crippen molar-refractivity contribution in [2.24, 2.45) is 5.73 Å². The Hall–Kier alpha value is -1.94. The van der Waals surface area contributed by atoms with E-state index in [0.717, 1.165) is 16.0 Å². The second-order valence-corrected chi connectivity index (χ2v) is 8.81. The smallest absolute Gasteiger partial charge is 0.302 e. The molecule has 0 radical (unpaired) electrons. The Bertz CT molecular complexity index is 926. The molecule has 2 aromatic rings. The summed E-state index contributed by atoms with van der Waals surface area (Å²) >= 11 is 7.28. The van der Waals surface area contributed by atoms with Crippen LogP contribution in [0.3, 0.4) is 0 Å². The zero-order valence-corrected chi connectivity index (χ0v) is 17.0. The van der Waals surface area contributed by atoms with Crippen LogP contribution in [0.15, 0.2) is 30.5 Å². The Morgan fingerprint density at radius 2 is 2.22 bits per heavy atom. The van der Waals surface area contributed by atoms with Crippen LogP contribution in [0, 0.1) is 0 Å². The third-order valence-electron chi connectivity index (χ3n) is 3.42. The van der Waals surface area contributed by atoms with E-state index in [-0.39, 0.29) is 30.0 Å². The minimum atomic E-state index is -3.59. The number of ether oxygens (including phenoxy) is 1. The Morgan fingerprint density at radius 1 is 1.44 bits per heavy atom. The van der Waals surface area contributed by atoms with E-state index in [1.54, 1.807) is 24.4 Å². The predicted octanol–water partition coefficient (Wildman–Crippen LogP) is 2.82. The van der Waals surface area contributed by atoms with Crippen LogP contribution in [-0.4, -0.2) is 31.7 Å². The van der Waals surface area contributed by atoms with Crippen molar-refractivity contribution >= 4 is 50.1 Å². The number of thiazole rings is 1. The Labute approximate surface area is 167 Å². The van der Waals surface area contributed by atoms with Gasteiger partial charge in [0.05, 0.1) is 12.4 Å². The molecule has 7 nitrogen and oxygen atoms in total. The van der Waals surface area contributed by atoms with Crippen LogP contribution in [0.2, 0.25) is 5.02 Å². The predicted molar refractivity (Wildman–Crippen MR) is 108 cm³/mol. The topological polar surface area (TPSA) is 111 Å². The number of nitrogens with two attached hydrogens (primary N) is 1. The molecule has 0 saturated carbocycles. The van der Waals surface area contributed by atoms with Gasteiger partial charge in [-0.15, -0.1) is 11.3 Å². The second-order valence-electron chi connectivity index (χ2n) is 5.52. The van der Waals surface area contributed by atoms with Crippen LogP contribution < -0.4 is 10.5 Å². The minimum absolute atomic E-state index is 0.216. The molecule has 0 aliphatic heterocycles. The van der Waals surface area contributed by atoms with Crippen molar-refractivity contribution in [3.8, 4) is 0 Å². The molecule has 0 aliphatic rings. The Balaban J connectivity index is 1.95. The van der Waals surface area contributed by atoms with E-state index in [2.05, 4.69) is 9.71 Å². The van der Waals surface area contributed by atoms with E-state index in [4.69, 9.17) is 22.1 Å². The highest BCUT2D eigenvalue weighted by Crippen LogP contribution is 2.22. The van der Waals surface area contributed by atoms with Gasteiger partial charge in [-0.25, -0.2) is 13.4 Å². The van der Waals surface area contributed by atoms with E-state index in [0.29, 0.717) is 11.4 Å². The average Bonchev–Trinajstić information content (AvgIpc) is 3.01. The van der Waals surface area contributed by atoms with Gasteiger partial charge in [-0.05, 0) is 17.2 Å². The number of sulfonamides is 1. The maximum Gasteiger partial charge on any atom is 0.302 e. The molecule has 27 heavy (non-hydrogen) atoms. The lowest BCUT2D eigenvalue weighted by molar-refractivity contribution is -0.140. The molecule has 0 saturated heterocycles. The summed E-state index contributed by atoms with van der Waals surface area (Å²) in [5, 5.41) is 0.816. The lowest BCUT2D eigenvalue weighted by atomic mass is 10.1. The van der Waals surface area contributed by atoms with Gasteiger partial charge in [-0.2, -0.15) is 0 Å². The maximum atomic E-state index is 12.2. The van der Waals surface area contributed by atoms with Gasteiger partial charge in [-0.1, -0.05) is 35.9 Å². The summed E-state index contributed by atoms with van der Waals surface area (Å²) in [6.45, 7) is 1.83. The molecule has 1 aromatic heterocycles. The highest BCUT2D eigenvalue weighted by molar-refractivity contribution is 7.93. The van der Waals surface area contributed by atoms with E-state index in [1.165, 1.54) is 24.3 Å². The van der Waals surface area contributed by atoms with Crippen LogP contribution in [0.4, 0.5) is 5.13 Å². The number of nitrogens with zero attached hydrogens (tertiary/aromatic N) is 1. The van der Waals surface area contributed by atoms with Gasteiger partial charge in [0, 0.05) is 36.0 Å². The summed E-state index contributed by atoms with van der Waals surface area (Å²) in [6, 6.07) is 5.34. The monoisotopic (exact) mass is 429 g/mol. The molecule has 2 rings (SSSR count). The molecule has 1 heterocycles. The fourth-order valence-electron chi connectivity index (χ4n) is 2.19. The first kappa shape index (κ1) is 21.4. The van der Waals surface area contributed by atoms with Gasteiger partial charge >= 0.3 is 5.97 Å². The molecule has 3 N–H and O–H groups in total. The second kappa shape index (κ2) is 9.84. The van der Waals surface area contributed by atoms with Gasteiger partial charge in [0.2, 0.25) is 10.0 Å². The number of aromatic nitrogens is 1. The number of benzene rings is 1. The van der Waals surface area contributed by atoms with E-state index in [1.807, 2.05) is 6.07 Å². The number of nitrogens with one attached hydrogen (secondary N) is 1. The number of rotatable bonds is 9. The normalized spacial score (nSPS) is 11.7. The highest BCUT2D eigenvalue weighted by Gasteiger charge is 2.12. The zero-order valence-electron chi connectivity index (χ0n) is 14.6. The van der Waals surface area contributed by atoms with Crippen molar-refractivity contribution in [2.45, 2.75) is 19.9 Å². The molecular formula is C17H20ClN3O4S2. The van der Waals surface area contributed by atoms with Crippen LogP contribution >= 0.6 is 22.9 Å². The SMILES string of the molecule is CC(=O)OCCc1cnc(NS(=O)(=O)CC=Cc2cccc(Cl)c2CN)s1. The number of esters is 1. The highest BCUT2D eigenvalue weighted by atomic mass is 35.5. The van der Waals surface area contributed by atoms with Crippen molar-refractivity contribution in [3.63, 3.8) is 0 Å². The number of carbonyl (C=O) groups excluding carboxylic acids is 1. The van der Waals surface area contributed by atoms with Crippen LogP contribution in [0.5, 0.6) is 0 Å². The molecule has 0 fully saturated rings. The van der Waals surface area contributed by atoms with Crippen molar-refractivity contribution in [2.75, 3.05) is 17.1 Å². The summed E-state index contributed by atoms with van der Waals surface area (Å²) in [7, 11) is -3.59. The lowest BCUT2D eigenvalue weighted by Gasteiger charge is -2.06. The molecule has 0 aliphatic carbocycles. The molecule has 0 bridgehead atoms. The summed E-state index contributed by atoms with van der Waals surface area (Å²) in [5.41, 5.74) is 7.22. The third-order valence-corrected chi connectivity index (χ3v) is 6.01. The van der Waals surface area contributed by atoms with Crippen LogP contribution in [0.1, 0.15) is 22.9 Å². The average molecular weight is 430 g/mol. The fourth-order valence-corrected chi connectivity index (χ4v) is 4.39. The molecule has 1 aromatic carbocycles. The molecule has 0 atom stereocenters. The first-order valence-corrected chi connectivity index (χ1v) is 10.9. The quantitative estimate of drug-likeness (QED) is 0.593. The molecule has 0 unspecified atom stereocenters. The van der Waals surface area contributed by atoms with Gasteiger partial charge in [0.1, 0.15) is 0 Å². The maximum absolute atomic E-state index is 12.2. The van der Waals surface area contributed by atoms with Crippen molar-refractivity contribution < 1.29 is 17.9 Å². The molecule has 0 amide bonds. The van der Waals surface area contributed by atoms with Gasteiger partial charge < -0.3 is 10.5 Å². The molecular weight excluding hydrogens is 410 g/mol. The first-order chi connectivity index (χ1) is 12.8. The number of hydrogen-bond acceptors (Lipinski definition) is 7. The van der Waals surface area contributed by atoms with E-state index < -0.39 is 10.0 Å². The summed E-state index contributed by atoms with van der Waals surface area (Å²) < 4.78 is 31.7.